The molecule has 0 unspecified atom stereocenters. The van der Waals surface area contributed by atoms with Gasteiger partial charge in [0.15, 0.2) is 0 Å². The molecule has 0 spiro atoms. The van der Waals surface area contributed by atoms with E-state index < -0.39 is 0 Å². The zero-order valence-electron chi connectivity index (χ0n) is 12.8. The van der Waals surface area contributed by atoms with E-state index in [9.17, 15) is 4.79 Å². The third kappa shape index (κ3) is 3.32. The number of benzene rings is 2. The van der Waals surface area contributed by atoms with E-state index in [1.54, 1.807) is 6.07 Å². The number of unbranched alkanes of at least 4 members (excludes halogenated alkanes) is 1. The molecule has 0 N–H and O–H groups in total. The van der Waals surface area contributed by atoms with Crippen LogP contribution in [0.1, 0.15) is 19.8 Å². The summed E-state index contributed by atoms with van der Waals surface area (Å²) >= 11 is 3.37. The average Bonchev–Trinajstić information content (AvgIpc) is 2.57. The van der Waals surface area contributed by atoms with Gasteiger partial charge in [-0.3, -0.25) is 0 Å². The van der Waals surface area contributed by atoms with Crippen molar-refractivity contribution in [1.82, 2.24) is 0 Å². The fraction of sp³-hybridized carbons (Fsp3) is 0.211. The summed E-state index contributed by atoms with van der Waals surface area (Å²) in [4.78, 5) is 12.1. The first-order valence-electron chi connectivity index (χ1n) is 7.65. The van der Waals surface area contributed by atoms with Crippen molar-refractivity contribution in [1.29, 1.82) is 0 Å². The Labute approximate surface area is 143 Å². The number of ether oxygens (including phenoxy) is 1. The molecule has 0 fully saturated rings. The number of fused-ring (bicyclic) bond motifs is 1. The summed E-state index contributed by atoms with van der Waals surface area (Å²) in [5.41, 5.74) is 1.96. The molecule has 118 valence electrons. The highest BCUT2D eigenvalue weighted by atomic mass is 79.9. The van der Waals surface area contributed by atoms with Crippen LogP contribution in [-0.2, 0) is 0 Å². The van der Waals surface area contributed by atoms with Gasteiger partial charge in [0.2, 0.25) is 0 Å². The number of hydrogen-bond donors (Lipinski definition) is 0. The Bertz CT molecular complexity index is 869. The second kappa shape index (κ2) is 7.01. The quantitative estimate of drug-likeness (QED) is 0.444. The Balaban J connectivity index is 2.13. The standard InChI is InChI=1S/C19H17BrO3/c1-2-3-11-22-14-9-10-15-16(12-14)23-19(21)18(20)17(15)13-7-5-4-6-8-13/h4-10,12H,2-3,11H2,1H3. The van der Waals surface area contributed by atoms with Gasteiger partial charge in [0.25, 0.3) is 0 Å². The first-order valence-corrected chi connectivity index (χ1v) is 8.44. The minimum atomic E-state index is -0.387. The predicted molar refractivity (Wildman–Crippen MR) is 96.0 cm³/mol. The van der Waals surface area contributed by atoms with Gasteiger partial charge >= 0.3 is 5.63 Å². The lowest BCUT2D eigenvalue weighted by Gasteiger charge is -2.10. The Kier molecular flexibility index (Phi) is 4.82. The topological polar surface area (TPSA) is 39.4 Å². The smallest absolute Gasteiger partial charge is 0.351 e. The lowest BCUT2D eigenvalue weighted by molar-refractivity contribution is 0.309. The summed E-state index contributed by atoms with van der Waals surface area (Å²) in [5.74, 6) is 0.718. The molecule has 4 heteroatoms. The summed E-state index contributed by atoms with van der Waals surface area (Å²) in [7, 11) is 0. The monoisotopic (exact) mass is 372 g/mol. The second-order valence-electron chi connectivity index (χ2n) is 5.30. The van der Waals surface area contributed by atoms with Gasteiger partial charge in [-0.2, -0.15) is 0 Å². The summed E-state index contributed by atoms with van der Waals surface area (Å²) in [6, 6.07) is 15.4. The first kappa shape index (κ1) is 15.8. The van der Waals surface area contributed by atoms with Gasteiger partial charge in [-0.05, 0) is 40.0 Å². The summed E-state index contributed by atoms with van der Waals surface area (Å²) < 4.78 is 11.6. The van der Waals surface area contributed by atoms with Crippen molar-refractivity contribution in [2.45, 2.75) is 19.8 Å². The van der Waals surface area contributed by atoms with Gasteiger partial charge in [0, 0.05) is 17.0 Å². The molecule has 0 atom stereocenters. The van der Waals surface area contributed by atoms with Crippen LogP contribution in [0.15, 0.2) is 62.2 Å². The summed E-state index contributed by atoms with van der Waals surface area (Å²) in [6.45, 7) is 2.78. The van der Waals surface area contributed by atoms with Crippen molar-refractivity contribution in [2.75, 3.05) is 6.61 Å². The maximum Gasteiger partial charge on any atom is 0.351 e. The van der Waals surface area contributed by atoms with Gasteiger partial charge in [0.05, 0.1) is 6.61 Å². The molecule has 3 nitrogen and oxygen atoms in total. The highest BCUT2D eigenvalue weighted by Crippen LogP contribution is 2.34. The molecule has 1 aromatic heterocycles. The highest BCUT2D eigenvalue weighted by molar-refractivity contribution is 9.10. The number of rotatable bonds is 5. The third-order valence-electron chi connectivity index (χ3n) is 3.65. The van der Waals surface area contributed by atoms with E-state index in [0.29, 0.717) is 16.7 Å². The molecule has 0 radical (unpaired) electrons. The molecule has 3 rings (SSSR count). The van der Waals surface area contributed by atoms with Crippen LogP contribution in [0, 0.1) is 0 Å². The largest absolute Gasteiger partial charge is 0.493 e. The van der Waals surface area contributed by atoms with Crippen LogP contribution in [0.3, 0.4) is 0 Å². The normalized spacial score (nSPS) is 10.9. The minimum Gasteiger partial charge on any atom is -0.493 e. The molecule has 0 bridgehead atoms. The molecule has 2 aromatic carbocycles. The van der Waals surface area contributed by atoms with Crippen LogP contribution in [0.4, 0.5) is 0 Å². The molecule has 0 saturated carbocycles. The molecule has 0 saturated heterocycles. The lowest BCUT2D eigenvalue weighted by atomic mass is 10.0. The molecule has 1 heterocycles. The lowest BCUT2D eigenvalue weighted by Crippen LogP contribution is -2.03. The van der Waals surface area contributed by atoms with Crippen LogP contribution in [0.5, 0.6) is 5.75 Å². The Morgan fingerprint density at radius 1 is 1.13 bits per heavy atom. The summed E-state index contributed by atoms with van der Waals surface area (Å²) in [6.07, 6.45) is 2.07. The maximum absolute atomic E-state index is 12.1. The van der Waals surface area contributed by atoms with Gasteiger partial charge in [-0.15, -0.1) is 0 Å². The Morgan fingerprint density at radius 2 is 1.91 bits per heavy atom. The van der Waals surface area contributed by atoms with Crippen LogP contribution in [-0.4, -0.2) is 6.61 Å². The van der Waals surface area contributed by atoms with Crippen molar-refractivity contribution in [3.8, 4) is 16.9 Å². The van der Waals surface area contributed by atoms with E-state index in [2.05, 4.69) is 22.9 Å². The Morgan fingerprint density at radius 3 is 2.65 bits per heavy atom. The Hall–Kier alpha value is -2.07. The van der Waals surface area contributed by atoms with E-state index in [1.165, 1.54) is 0 Å². The zero-order valence-corrected chi connectivity index (χ0v) is 14.4. The molecule has 0 aliphatic rings. The second-order valence-corrected chi connectivity index (χ2v) is 6.10. The number of hydrogen-bond acceptors (Lipinski definition) is 3. The van der Waals surface area contributed by atoms with Gasteiger partial charge in [0.1, 0.15) is 15.8 Å². The fourth-order valence-electron chi connectivity index (χ4n) is 2.47. The molecular formula is C19H17BrO3. The van der Waals surface area contributed by atoms with E-state index >= 15 is 0 Å². The first-order chi connectivity index (χ1) is 11.2. The van der Waals surface area contributed by atoms with Crippen LogP contribution >= 0.6 is 15.9 Å². The highest BCUT2D eigenvalue weighted by Gasteiger charge is 2.14. The van der Waals surface area contributed by atoms with Gasteiger partial charge in [-0.25, -0.2) is 4.79 Å². The van der Waals surface area contributed by atoms with E-state index in [0.717, 1.165) is 35.1 Å². The molecule has 3 aromatic rings. The van der Waals surface area contributed by atoms with Crippen molar-refractivity contribution < 1.29 is 9.15 Å². The molecule has 0 aliphatic carbocycles. The van der Waals surface area contributed by atoms with Crippen LogP contribution < -0.4 is 10.4 Å². The van der Waals surface area contributed by atoms with E-state index in [-0.39, 0.29) is 5.63 Å². The fourth-order valence-corrected chi connectivity index (χ4v) is 2.99. The van der Waals surface area contributed by atoms with Crippen molar-refractivity contribution in [3.63, 3.8) is 0 Å². The average molecular weight is 373 g/mol. The summed E-state index contributed by atoms with van der Waals surface area (Å²) in [5, 5.41) is 0.880. The predicted octanol–water partition coefficient (Wildman–Crippen LogP) is 5.40. The van der Waals surface area contributed by atoms with Crippen LogP contribution in [0.25, 0.3) is 22.1 Å². The van der Waals surface area contributed by atoms with Crippen molar-refractivity contribution in [3.05, 3.63) is 63.4 Å². The number of halogens is 1. The van der Waals surface area contributed by atoms with Crippen molar-refractivity contribution >= 4 is 26.9 Å². The molecular weight excluding hydrogens is 356 g/mol. The molecule has 23 heavy (non-hydrogen) atoms. The third-order valence-corrected chi connectivity index (χ3v) is 4.37. The minimum absolute atomic E-state index is 0.387. The van der Waals surface area contributed by atoms with Crippen molar-refractivity contribution in [2.24, 2.45) is 0 Å². The van der Waals surface area contributed by atoms with E-state index in [1.807, 2.05) is 42.5 Å². The van der Waals surface area contributed by atoms with Crippen LogP contribution in [0.2, 0.25) is 0 Å². The maximum atomic E-state index is 12.1. The van der Waals surface area contributed by atoms with Gasteiger partial charge < -0.3 is 9.15 Å². The molecule has 0 amide bonds. The van der Waals surface area contributed by atoms with E-state index in [4.69, 9.17) is 9.15 Å². The SMILES string of the molecule is CCCCOc1ccc2c(-c3ccccc3)c(Br)c(=O)oc2c1. The molecule has 0 aliphatic heterocycles. The zero-order chi connectivity index (χ0) is 16.2. The van der Waals surface area contributed by atoms with Gasteiger partial charge in [-0.1, -0.05) is 43.7 Å².